The van der Waals surface area contributed by atoms with Gasteiger partial charge in [0.15, 0.2) is 0 Å². The third-order valence-corrected chi connectivity index (χ3v) is 2.55. The van der Waals surface area contributed by atoms with Crippen molar-refractivity contribution in [3.05, 3.63) is 48.6 Å². The predicted octanol–water partition coefficient (Wildman–Crippen LogP) is 3.71. The Morgan fingerprint density at radius 3 is 2.67 bits per heavy atom. The van der Waals surface area contributed by atoms with E-state index in [0.29, 0.717) is 6.61 Å². The molecule has 0 saturated heterocycles. The second kappa shape index (κ2) is 8.52. The lowest BCUT2D eigenvalue weighted by Crippen LogP contribution is -2.18. The third-order valence-electron chi connectivity index (χ3n) is 2.55. The molecule has 0 amide bonds. The highest BCUT2D eigenvalue weighted by Gasteiger charge is 2.16. The van der Waals surface area contributed by atoms with Gasteiger partial charge in [-0.25, -0.2) is 0 Å². The van der Waals surface area contributed by atoms with E-state index in [0.717, 1.165) is 18.4 Å². The molecule has 96 valence electrons. The summed E-state index contributed by atoms with van der Waals surface area (Å²) in [5.41, 5.74) is 1.11. The van der Waals surface area contributed by atoms with Crippen LogP contribution in [0.4, 0.5) is 0 Å². The highest BCUT2D eigenvalue weighted by atomic mass is 16.7. The molecule has 0 aromatic heterocycles. The summed E-state index contributed by atoms with van der Waals surface area (Å²) in [6.07, 6.45) is 8.35. The van der Waals surface area contributed by atoms with E-state index in [-0.39, 0.29) is 6.10 Å². The van der Waals surface area contributed by atoms with Crippen LogP contribution < -0.4 is 0 Å². The highest BCUT2D eigenvalue weighted by Crippen LogP contribution is 2.24. The molecule has 0 unspecified atom stereocenters. The van der Waals surface area contributed by atoms with Crippen LogP contribution in [0.2, 0.25) is 0 Å². The van der Waals surface area contributed by atoms with Crippen LogP contribution in [-0.4, -0.2) is 12.9 Å². The minimum Gasteiger partial charge on any atom is -0.342 e. The summed E-state index contributed by atoms with van der Waals surface area (Å²) in [6.45, 7) is 6.17. The summed E-state index contributed by atoms with van der Waals surface area (Å²) >= 11 is 0. The van der Waals surface area contributed by atoms with E-state index < -0.39 is 6.29 Å². The van der Waals surface area contributed by atoms with Gasteiger partial charge in [0.1, 0.15) is 0 Å². The zero-order valence-corrected chi connectivity index (χ0v) is 10.8. The van der Waals surface area contributed by atoms with Crippen molar-refractivity contribution in [2.45, 2.75) is 32.2 Å². The van der Waals surface area contributed by atoms with E-state index in [1.807, 2.05) is 43.3 Å². The van der Waals surface area contributed by atoms with E-state index in [4.69, 9.17) is 15.9 Å². The molecule has 0 saturated carbocycles. The van der Waals surface area contributed by atoms with Crippen molar-refractivity contribution in [1.82, 2.24) is 0 Å². The molecule has 1 rings (SSSR count). The molecule has 0 spiro atoms. The maximum Gasteiger partial charge on any atom is 0.222 e. The first-order chi connectivity index (χ1) is 8.81. The Morgan fingerprint density at radius 1 is 1.39 bits per heavy atom. The zero-order chi connectivity index (χ0) is 13.2. The molecule has 0 radical (unpaired) electrons. The molecule has 2 heteroatoms. The largest absolute Gasteiger partial charge is 0.342 e. The van der Waals surface area contributed by atoms with Gasteiger partial charge in [-0.15, -0.1) is 13.0 Å². The zero-order valence-electron chi connectivity index (χ0n) is 10.8. The van der Waals surface area contributed by atoms with Crippen LogP contribution in [0.1, 0.15) is 31.4 Å². The van der Waals surface area contributed by atoms with Crippen molar-refractivity contribution >= 4 is 0 Å². The Bertz CT molecular complexity index is 378. The van der Waals surface area contributed by atoms with Crippen molar-refractivity contribution in [2.75, 3.05) is 6.61 Å². The fourth-order valence-corrected chi connectivity index (χ4v) is 1.68. The molecule has 1 aromatic carbocycles. The molecule has 2 nitrogen and oxygen atoms in total. The number of hydrogen-bond donors (Lipinski definition) is 0. The number of hydrogen-bond acceptors (Lipinski definition) is 2. The number of terminal acetylenes is 1. The molecular formula is C16H20O2. The first-order valence-corrected chi connectivity index (χ1v) is 6.20. The maximum atomic E-state index is 5.82. The topological polar surface area (TPSA) is 18.5 Å². The van der Waals surface area contributed by atoms with Crippen LogP contribution in [0.3, 0.4) is 0 Å². The monoisotopic (exact) mass is 244 g/mol. The second-order valence-corrected chi connectivity index (χ2v) is 3.86. The molecule has 2 atom stereocenters. The fraction of sp³-hybridized carbons (Fsp3) is 0.375. The molecule has 0 bridgehead atoms. The van der Waals surface area contributed by atoms with E-state index in [1.54, 1.807) is 0 Å². The van der Waals surface area contributed by atoms with Gasteiger partial charge in [-0.05, 0) is 31.2 Å². The molecule has 0 aliphatic rings. The lowest BCUT2D eigenvalue weighted by Gasteiger charge is -2.21. The normalized spacial score (nSPS) is 13.6. The first kappa shape index (κ1) is 14.5. The summed E-state index contributed by atoms with van der Waals surface area (Å²) in [5, 5.41) is 0. The van der Waals surface area contributed by atoms with Crippen molar-refractivity contribution < 1.29 is 9.47 Å². The second-order valence-electron chi connectivity index (χ2n) is 3.86. The summed E-state index contributed by atoms with van der Waals surface area (Å²) in [7, 11) is 0. The first-order valence-electron chi connectivity index (χ1n) is 6.20. The number of benzene rings is 1. The van der Waals surface area contributed by atoms with E-state index in [2.05, 4.69) is 12.5 Å². The highest BCUT2D eigenvalue weighted by molar-refractivity contribution is 5.18. The van der Waals surface area contributed by atoms with Crippen LogP contribution in [0.15, 0.2) is 43.0 Å². The Morgan fingerprint density at radius 2 is 2.11 bits per heavy atom. The third kappa shape index (κ3) is 4.75. The Kier molecular flexibility index (Phi) is 6.86. The summed E-state index contributed by atoms with van der Waals surface area (Å²) in [5.74, 6) is 2.51. The number of ether oxygens (including phenoxy) is 2. The van der Waals surface area contributed by atoms with Crippen molar-refractivity contribution in [1.29, 1.82) is 0 Å². The smallest absolute Gasteiger partial charge is 0.222 e. The van der Waals surface area contributed by atoms with Gasteiger partial charge in [-0.3, -0.25) is 0 Å². The van der Waals surface area contributed by atoms with Crippen molar-refractivity contribution in [2.24, 2.45) is 0 Å². The summed E-state index contributed by atoms with van der Waals surface area (Å²) in [6, 6.07) is 10.0. The SMILES string of the molecule is C#C[C@H](OCC)O[C@@H](CCC=C)c1ccccc1. The summed E-state index contributed by atoms with van der Waals surface area (Å²) in [4.78, 5) is 0. The molecule has 18 heavy (non-hydrogen) atoms. The average Bonchev–Trinajstić information content (AvgIpc) is 2.43. The Balaban J connectivity index is 2.72. The number of rotatable bonds is 8. The average molecular weight is 244 g/mol. The minimum absolute atomic E-state index is 0.0585. The molecule has 0 aliphatic carbocycles. The van der Waals surface area contributed by atoms with Crippen LogP contribution >= 0.6 is 0 Å². The van der Waals surface area contributed by atoms with E-state index in [1.165, 1.54) is 0 Å². The van der Waals surface area contributed by atoms with E-state index in [9.17, 15) is 0 Å². The maximum absolute atomic E-state index is 5.82. The Hall–Kier alpha value is -1.56. The van der Waals surface area contributed by atoms with Crippen LogP contribution in [0, 0.1) is 12.3 Å². The van der Waals surface area contributed by atoms with Crippen molar-refractivity contribution in [3.63, 3.8) is 0 Å². The molecule has 0 heterocycles. The summed E-state index contributed by atoms with van der Waals surface area (Å²) < 4.78 is 11.2. The van der Waals surface area contributed by atoms with Gasteiger partial charge < -0.3 is 9.47 Å². The standard InChI is InChI=1S/C16H20O2/c1-4-7-13-15(14-11-9-8-10-12-14)18-16(5-2)17-6-3/h2,4,8-12,15-16H,1,6-7,13H2,3H3/t15-,16+/m0/s1. The van der Waals surface area contributed by atoms with Gasteiger partial charge in [0.25, 0.3) is 0 Å². The fourth-order valence-electron chi connectivity index (χ4n) is 1.68. The minimum atomic E-state index is -0.593. The van der Waals surface area contributed by atoms with Crippen LogP contribution in [0.25, 0.3) is 0 Å². The van der Waals surface area contributed by atoms with Crippen LogP contribution in [-0.2, 0) is 9.47 Å². The molecule has 1 aromatic rings. The van der Waals surface area contributed by atoms with Gasteiger partial charge in [-0.1, -0.05) is 36.4 Å². The van der Waals surface area contributed by atoms with Gasteiger partial charge in [0.2, 0.25) is 6.29 Å². The predicted molar refractivity (Wildman–Crippen MR) is 73.9 cm³/mol. The Labute approximate surface area is 110 Å². The van der Waals surface area contributed by atoms with Crippen molar-refractivity contribution in [3.8, 4) is 12.3 Å². The van der Waals surface area contributed by atoms with Crippen LogP contribution in [0.5, 0.6) is 0 Å². The molecule has 0 N–H and O–H groups in total. The van der Waals surface area contributed by atoms with Gasteiger partial charge in [-0.2, -0.15) is 0 Å². The lowest BCUT2D eigenvalue weighted by molar-refractivity contribution is -0.137. The van der Waals surface area contributed by atoms with E-state index >= 15 is 0 Å². The van der Waals surface area contributed by atoms with Gasteiger partial charge >= 0.3 is 0 Å². The molecular weight excluding hydrogens is 224 g/mol. The number of allylic oxidation sites excluding steroid dienone is 1. The molecule has 0 aliphatic heterocycles. The van der Waals surface area contributed by atoms with Gasteiger partial charge in [0.05, 0.1) is 6.10 Å². The quantitative estimate of drug-likeness (QED) is 0.394. The molecule has 0 fully saturated rings. The van der Waals surface area contributed by atoms with Gasteiger partial charge in [0, 0.05) is 6.61 Å². The lowest BCUT2D eigenvalue weighted by atomic mass is 10.0.